The van der Waals surface area contributed by atoms with Crippen LogP contribution in [0.1, 0.15) is 62.5 Å². The number of hydrogen-bond donors (Lipinski definition) is 2. The predicted molar refractivity (Wildman–Crippen MR) is 107 cm³/mol. The van der Waals surface area contributed by atoms with E-state index in [1.165, 1.54) is 49.7 Å². The van der Waals surface area contributed by atoms with Gasteiger partial charge in [0.1, 0.15) is 5.75 Å². The average Bonchev–Trinajstić information content (AvgIpc) is 2.63. The molecule has 1 aliphatic carbocycles. The predicted octanol–water partition coefficient (Wildman–Crippen LogP) is 4.81. The fourth-order valence-electron chi connectivity index (χ4n) is 3.53. The summed E-state index contributed by atoms with van der Waals surface area (Å²) in [5.74, 6) is 1.10. The van der Waals surface area contributed by atoms with Crippen LogP contribution >= 0.6 is 0 Å². The molecule has 2 N–H and O–H groups in total. The molecule has 1 aromatic rings. The van der Waals surface area contributed by atoms with Crippen LogP contribution in [0.25, 0.3) is 6.08 Å². The Balaban J connectivity index is 1.66. The Bertz CT molecular complexity index is 577. The van der Waals surface area contributed by atoms with Crippen LogP contribution in [0.2, 0.25) is 0 Å². The maximum absolute atomic E-state index is 10.4. The summed E-state index contributed by atoms with van der Waals surface area (Å²) in [5.41, 5.74) is 2.36. The number of carboxylic acids is 1. The molecule has 0 spiro atoms. The van der Waals surface area contributed by atoms with Gasteiger partial charge in [-0.25, -0.2) is 0 Å². The van der Waals surface area contributed by atoms with Gasteiger partial charge < -0.3 is 15.2 Å². The molecule has 0 atom stereocenters. The summed E-state index contributed by atoms with van der Waals surface area (Å²) in [6, 6.07) is 6.21. The zero-order valence-corrected chi connectivity index (χ0v) is 16.0. The molecule has 0 amide bonds. The van der Waals surface area contributed by atoms with Crippen molar-refractivity contribution in [2.45, 2.75) is 58.3 Å². The molecule has 0 aliphatic heterocycles. The van der Waals surface area contributed by atoms with Gasteiger partial charge in [-0.05, 0) is 48.9 Å². The fraction of sp³-hybridized carbons (Fsp3) is 0.591. The molecule has 1 saturated carbocycles. The van der Waals surface area contributed by atoms with E-state index in [4.69, 9.17) is 9.84 Å². The number of hydrogen-bond acceptors (Lipinski definition) is 3. The first-order valence-electron chi connectivity index (χ1n) is 9.97. The highest BCUT2D eigenvalue weighted by molar-refractivity contribution is 5.66. The minimum atomic E-state index is -0.772. The van der Waals surface area contributed by atoms with E-state index in [0.717, 1.165) is 24.7 Å². The summed E-state index contributed by atoms with van der Waals surface area (Å²) in [4.78, 5) is 10.4. The fourth-order valence-corrected chi connectivity index (χ4v) is 3.53. The lowest BCUT2D eigenvalue weighted by molar-refractivity contribution is -0.136. The van der Waals surface area contributed by atoms with E-state index < -0.39 is 5.97 Å². The van der Waals surface area contributed by atoms with Crippen molar-refractivity contribution in [2.75, 3.05) is 19.7 Å². The average molecular weight is 360 g/mol. The van der Waals surface area contributed by atoms with Crippen LogP contribution in [-0.4, -0.2) is 30.8 Å². The molecule has 1 aromatic carbocycles. The van der Waals surface area contributed by atoms with E-state index in [9.17, 15) is 4.79 Å². The highest BCUT2D eigenvalue weighted by Gasteiger charge is 2.12. The molecule has 0 heterocycles. The van der Waals surface area contributed by atoms with Crippen molar-refractivity contribution in [1.82, 2.24) is 5.32 Å². The van der Waals surface area contributed by atoms with E-state index in [-0.39, 0.29) is 6.42 Å². The smallest absolute Gasteiger partial charge is 0.304 e. The monoisotopic (exact) mass is 359 g/mol. The van der Waals surface area contributed by atoms with E-state index >= 15 is 0 Å². The molecule has 1 aliphatic rings. The van der Waals surface area contributed by atoms with E-state index in [1.807, 2.05) is 12.1 Å². The van der Waals surface area contributed by atoms with Crippen LogP contribution < -0.4 is 10.1 Å². The summed E-state index contributed by atoms with van der Waals surface area (Å²) in [6.07, 6.45) is 13.7. The highest BCUT2D eigenvalue weighted by atomic mass is 16.5. The maximum atomic E-state index is 10.4. The number of rotatable bonds is 11. The maximum Gasteiger partial charge on any atom is 0.304 e. The molecule has 0 unspecified atom stereocenters. The lowest BCUT2D eigenvalue weighted by atomic mass is 9.86. The normalized spacial score (nSPS) is 15.4. The number of ether oxygens (including phenoxy) is 1. The molecule has 0 radical (unpaired) electrons. The second-order valence-electron chi connectivity index (χ2n) is 7.26. The van der Waals surface area contributed by atoms with Crippen molar-refractivity contribution < 1.29 is 14.6 Å². The van der Waals surface area contributed by atoms with Crippen molar-refractivity contribution in [1.29, 1.82) is 0 Å². The van der Waals surface area contributed by atoms with Crippen molar-refractivity contribution >= 4 is 12.0 Å². The zero-order valence-electron chi connectivity index (χ0n) is 16.0. The molecule has 0 bridgehead atoms. The van der Waals surface area contributed by atoms with Crippen LogP contribution in [0.3, 0.4) is 0 Å². The Labute approximate surface area is 157 Å². The second kappa shape index (κ2) is 11.7. The third-order valence-corrected chi connectivity index (χ3v) is 5.07. The Hall–Kier alpha value is -1.81. The third kappa shape index (κ3) is 8.05. The molecule has 0 saturated heterocycles. The van der Waals surface area contributed by atoms with Crippen LogP contribution in [0.5, 0.6) is 5.75 Å². The van der Waals surface area contributed by atoms with E-state index in [1.54, 1.807) is 0 Å². The lowest BCUT2D eigenvalue weighted by Gasteiger charge is -2.21. The summed E-state index contributed by atoms with van der Waals surface area (Å²) in [5, 5.41) is 11.7. The van der Waals surface area contributed by atoms with Gasteiger partial charge in [-0.3, -0.25) is 4.79 Å². The minimum absolute atomic E-state index is 0.152. The molecule has 2 rings (SSSR count). The minimum Gasteiger partial charge on any atom is -0.494 e. The zero-order chi connectivity index (χ0) is 18.6. The van der Waals surface area contributed by atoms with Crippen LogP contribution in [0, 0.1) is 12.8 Å². The van der Waals surface area contributed by atoms with Gasteiger partial charge in [-0.15, -0.1) is 0 Å². The number of carbonyl (C=O) groups is 1. The summed E-state index contributed by atoms with van der Waals surface area (Å²) in [7, 11) is 0. The molecule has 0 aromatic heterocycles. The topological polar surface area (TPSA) is 58.6 Å². The standard InChI is InChI=1S/C22H33NO3/c1-18-17-21(26-16-6-9-19-7-3-2-4-8-19)12-11-20(18)10-5-14-23-15-13-22(24)25/h5,10-12,17,19,23H,2-4,6-9,13-16H2,1H3,(H,24,25)/b10-5+. The number of aliphatic carboxylic acids is 1. The van der Waals surface area contributed by atoms with Crippen molar-refractivity contribution in [3.63, 3.8) is 0 Å². The second-order valence-corrected chi connectivity index (χ2v) is 7.26. The molecule has 1 fully saturated rings. The summed E-state index contributed by atoms with van der Waals surface area (Å²) < 4.78 is 5.92. The lowest BCUT2D eigenvalue weighted by Crippen LogP contribution is -2.17. The van der Waals surface area contributed by atoms with E-state index in [0.29, 0.717) is 13.1 Å². The van der Waals surface area contributed by atoms with Gasteiger partial charge in [-0.1, -0.05) is 50.3 Å². The Morgan fingerprint density at radius 2 is 2.12 bits per heavy atom. The first-order chi connectivity index (χ1) is 12.6. The van der Waals surface area contributed by atoms with E-state index in [2.05, 4.69) is 30.4 Å². The first-order valence-corrected chi connectivity index (χ1v) is 9.97. The Morgan fingerprint density at radius 3 is 2.85 bits per heavy atom. The van der Waals surface area contributed by atoms with Gasteiger partial charge >= 0.3 is 5.97 Å². The number of carboxylic acid groups (broad SMARTS) is 1. The molecule has 4 nitrogen and oxygen atoms in total. The molecule has 144 valence electrons. The van der Waals surface area contributed by atoms with Crippen molar-refractivity contribution in [3.8, 4) is 5.75 Å². The van der Waals surface area contributed by atoms with Crippen LogP contribution in [-0.2, 0) is 4.79 Å². The van der Waals surface area contributed by atoms with Crippen LogP contribution in [0.4, 0.5) is 0 Å². The number of benzene rings is 1. The van der Waals surface area contributed by atoms with Gasteiger partial charge in [0, 0.05) is 13.1 Å². The van der Waals surface area contributed by atoms with Gasteiger partial charge in [0.15, 0.2) is 0 Å². The third-order valence-electron chi connectivity index (χ3n) is 5.07. The van der Waals surface area contributed by atoms with Crippen LogP contribution in [0.15, 0.2) is 24.3 Å². The molecular formula is C22H33NO3. The number of nitrogens with one attached hydrogen (secondary N) is 1. The molecule has 4 heteroatoms. The Morgan fingerprint density at radius 1 is 1.31 bits per heavy atom. The highest BCUT2D eigenvalue weighted by Crippen LogP contribution is 2.27. The molecular weight excluding hydrogens is 326 g/mol. The quantitative estimate of drug-likeness (QED) is 0.557. The van der Waals surface area contributed by atoms with Gasteiger partial charge in [0.25, 0.3) is 0 Å². The molecule has 26 heavy (non-hydrogen) atoms. The largest absolute Gasteiger partial charge is 0.494 e. The van der Waals surface area contributed by atoms with Gasteiger partial charge in [0.05, 0.1) is 13.0 Å². The van der Waals surface area contributed by atoms with Gasteiger partial charge in [-0.2, -0.15) is 0 Å². The van der Waals surface area contributed by atoms with Crippen molar-refractivity contribution in [3.05, 3.63) is 35.4 Å². The summed E-state index contributed by atoms with van der Waals surface area (Å²) in [6.45, 7) is 4.06. The summed E-state index contributed by atoms with van der Waals surface area (Å²) >= 11 is 0. The SMILES string of the molecule is Cc1cc(OCCCC2CCCCC2)ccc1/C=C/CNCCC(=O)O. The Kier molecular flexibility index (Phi) is 9.26. The first kappa shape index (κ1) is 20.5. The number of aryl methyl sites for hydroxylation is 1. The van der Waals surface area contributed by atoms with Gasteiger partial charge in [0.2, 0.25) is 0 Å². The van der Waals surface area contributed by atoms with Crippen molar-refractivity contribution in [2.24, 2.45) is 5.92 Å².